The quantitative estimate of drug-likeness (QED) is 0.501. The summed E-state index contributed by atoms with van der Waals surface area (Å²) in [6.07, 6.45) is 4.85. The topological polar surface area (TPSA) is 42.9 Å². The van der Waals surface area contributed by atoms with Crippen molar-refractivity contribution in [2.24, 2.45) is 4.99 Å². The van der Waals surface area contributed by atoms with Crippen LogP contribution in [-0.2, 0) is 13.1 Å². The van der Waals surface area contributed by atoms with E-state index in [1.807, 2.05) is 31.1 Å². The third-order valence-corrected chi connectivity index (χ3v) is 5.12. The summed E-state index contributed by atoms with van der Waals surface area (Å²) >= 11 is 0. The Morgan fingerprint density at radius 3 is 2.64 bits per heavy atom. The molecule has 0 unspecified atom stereocenters. The summed E-state index contributed by atoms with van der Waals surface area (Å²) < 4.78 is 14.0. The molecule has 1 heterocycles. The van der Waals surface area contributed by atoms with Gasteiger partial charge in [-0.25, -0.2) is 9.38 Å². The van der Waals surface area contributed by atoms with Gasteiger partial charge in [-0.1, -0.05) is 19.4 Å². The van der Waals surface area contributed by atoms with Crippen molar-refractivity contribution in [3.8, 4) is 0 Å². The molecule has 1 aromatic rings. The van der Waals surface area contributed by atoms with Crippen LogP contribution in [0.15, 0.2) is 23.2 Å². The van der Waals surface area contributed by atoms with Gasteiger partial charge < -0.3 is 20.4 Å². The molecule has 1 saturated heterocycles. The molecule has 6 heteroatoms. The Morgan fingerprint density at radius 2 is 2.00 bits per heavy atom. The molecule has 158 valence electrons. The molecule has 0 amide bonds. The molecule has 0 aliphatic carbocycles. The van der Waals surface area contributed by atoms with Gasteiger partial charge in [-0.3, -0.25) is 0 Å². The van der Waals surface area contributed by atoms with Gasteiger partial charge in [0.2, 0.25) is 0 Å². The van der Waals surface area contributed by atoms with Crippen LogP contribution in [0.2, 0.25) is 0 Å². The number of halogens is 1. The molecule has 5 nitrogen and oxygen atoms in total. The first-order valence-corrected chi connectivity index (χ1v) is 10.7. The Bertz CT molecular complexity index is 609. The fourth-order valence-electron chi connectivity index (χ4n) is 3.55. The van der Waals surface area contributed by atoms with E-state index in [1.54, 1.807) is 6.07 Å². The van der Waals surface area contributed by atoms with E-state index in [4.69, 9.17) is 4.99 Å². The van der Waals surface area contributed by atoms with Crippen LogP contribution in [0.1, 0.15) is 50.7 Å². The van der Waals surface area contributed by atoms with Crippen molar-refractivity contribution in [2.45, 2.75) is 58.7 Å². The van der Waals surface area contributed by atoms with Gasteiger partial charge in [0.15, 0.2) is 5.96 Å². The average molecular weight is 392 g/mol. The van der Waals surface area contributed by atoms with Crippen LogP contribution in [0.3, 0.4) is 0 Å². The molecular weight excluding hydrogens is 353 g/mol. The molecule has 0 bridgehead atoms. The molecule has 0 saturated carbocycles. The molecule has 1 fully saturated rings. The van der Waals surface area contributed by atoms with Crippen LogP contribution >= 0.6 is 0 Å². The van der Waals surface area contributed by atoms with Gasteiger partial charge >= 0.3 is 0 Å². The molecule has 1 aliphatic heterocycles. The predicted octanol–water partition coefficient (Wildman–Crippen LogP) is 3.21. The summed E-state index contributed by atoms with van der Waals surface area (Å²) in [7, 11) is 3.90. The summed E-state index contributed by atoms with van der Waals surface area (Å²) in [4.78, 5) is 9.28. The summed E-state index contributed by atoms with van der Waals surface area (Å²) in [6, 6.07) is 5.77. The first-order chi connectivity index (χ1) is 13.5. The van der Waals surface area contributed by atoms with Gasteiger partial charge in [-0.2, -0.15) is 0 Å². The van der Waals surface area contributed by atoms with Crippen molar-refractivity contribution >= 4 is 5.96 Å². The van der Waals surface area contributed by atoms with Gasteiger partial charge in [-0.15, -0.1) is 0 Å². The van der Waals surface area contributed by atoms with Crippen LogP contribution in [0.4, 0.5) is 4.39 Å². The molecule has 1 aliphatic rings. The molecule has 2 N–H and O–H groups in total. The standard InChI is InChI=1S/C22H38FN5/c1-5-7-12-28-13-10-20(11-14-28)26-22(24-6-2)25-16-18-8-9-21(23)19(15-18)17-27(3)4/h8-9,15,20H,5-7,10-14,16-17H2,1-4H3,(H2,24,25,26). The minimum Gasteiger partial charge on any atom is -0.357 e. The number of guanidine groups is 1. The summed E-state index contributed by atoms with van der Waals surface area (Å²) in [6.45, 7) is 9.83. The second kappa shape index (κ2) is 12.0. The number of rotatable bonds is 9. The fourth-order valence-corrected chi connectivity index (χ4v) is 3.55. The number of aliphatic imine (C=N–C) groups is 1. The maximum Gasteiger partial charge on any atom is 0.191 e. The van der Waals surface area contributed by atoms with Gasteiger partial charge in [-0.05, 0) is 64.5 Å². The summed E-state index contributed by atoms with van der Waals surface area (Å²) in [5, 5.41) is 6.94. The van der Waals surface area contributed by atoms with Crippen molar-refractivity contribution in [2.75, 3.05) is 40.3 Å². The van der Waals surface area contributed by atoms with Crippen molar-refractivity contribution in [1.82, 2.24) is 20.4 Å². The van der Waals surface area contributed by atoms with Crippen LogP contribution < -0.4 is 10.6 Å². The molecular formula is C22H38FN5. The zero-order chi connectivity index (χ0) is 20.4. The summed E-state index contributed by atoms with van der Waals surface area (Å²) in [5.74, 6) is 0.703. The third kappa shape index (κ3) is 7.76. The summed E-state index contributed by atoms with van der Waals surface area (Å²) in [5.41, 5.74) is 1.75. The maximum absolute atomic E-state index is 14.0. The van der Waals surface area contributed by atoms with Crippen molar-refractivity contribution in [3.05, 3.63) is 35.1 Å². The molecule has 2 rings (SSSR count). The highest BCUT2D eigenvalue weighted by Crippen LogP contribution is 2.14. The number of likely N-dealkylation sites (tertiary alicyclic amines) is 1. The molecule has 0 spiro atoms. The second-order valence-corrected chi connectivity index (χ2v) is 7.97. The van der Waals surface area contributed by atoms with E-state index in [0.717, 1.165) is 49.6 Å². The minimum atomic E-state index is -0.152. The lowest BCUT2D eigenvalue weighted by Gasteiger charge is -2.33. The SMILES string of the molecule is CCCCN1CCC(NC(=NCc2ccc(F)c(CN(C)C)c2)NCC)CC1. The Balaban J connectivity index is 1.92. The van der Waals surface area contributed by atoms with E-state index in [-0.39, 0.29) is 5.82 Å². The Hall–Kier alpha value is -1.66. The minimum absolute atomic E-state index is 0.152. The Kier molecular flexibility index (Phi) is 9.71. The van der Waals surface area contributed by atoms with E-state index in [2.05, 4.69) is 29.4 Å². The first kappa shape index (κ1) is 22.6. The van der Waals surface area contributed by atoms with Crippen molar-refractivity contribution in [1.29, 1.82) is 0 Å². The highest BCUT2D eigenvalue weighted by Gasteiger charge is 2.19. The number of nitrogens with one attached hydrogen (secondary N) is 2. The largest absolute Gasteiger partial charge is 0.357 e. The molecule has 0 atom stereocenters. The van der Waals surface area contributed by atoms with Crippen LogP contribution in [0.25, 0.3) is 0 Å². The van der Waals surface area contributed by atoms with Gasteiger partial charge in [0.05, 0.1) is 6.54 Å². The first-order valence-electron chi connectivity index (χ1n) is 10.7. The number of hydrogen-bond donors (Lipinski definition) is 2. The Labute approximate surface area is 170 Å². The van der Waals surface area contributed by atoms with Crippen molar-refractivity contribution in [3.63, 3.8) is 0 Å². The van der Waals surface area contributed by atoms with Crippen LogP contribution in [0.5, 0.6) is 0 Å². The van der Waals surface area contributed by atoms with Crippen molar-refractivity contribution < 1.29 is 4.39 Å². The monoisotopic (exact) mass is 391 g/mol. The maximum atomic E-state index is 14.0. The van der Waals surface area contributed by atoms with Gasteiger partial charge in [0, 0.05) is 37.8 Å². The second-order valence-electron chi connectivity index (χ2n) is 7.97. The lowest BCUT2D eigenvalue weighted by molar-refractivity contribution is 0.203. The predicted molar refractivity (Wildman–Crippen MR) is 116 cm³/mol. The van der Waals surface area contributed by atoms with Crippen LogP contribution in [0, 0.1) is 5.82 Å². The number of nitrogens with zero attached hydrogens (tertiary/aromatic N) is 3. The van der Waals surface area contributed by atoms with E-state index >= 15 is 0 Å². The lowest BCUT2D eigenvalue weighted by atomic mass is 10.0. The van der Waals surface area contributed by atoms with Gasteiger partial charge in [0.1, 0.15) is 5.82 Å². The Morgan fingerprint density at radius 1 is 1.25 bits per heavy atom. The normalized spacial score (nSPS) is 16.6. The number of hydrogen-bond acceptors (Lipinski definition) is 3. The van der Waals surface area contributed by atoms with Crippen LogP contribution in [-0.4, -0.2) is 62.1 Å². The molecule has 0 aromatic heterocycles. The van der Waals surface area contributed by atoms with Gasteiger partial charge in [0.25, 0.3) is 0 Å². The smallest absolute Gasteiger partial charge is 0.191 e. The average Bonchev–Trinajstić information content (AvgIpc) is 2.67. The zero-order valence-corrected chi connectivity index (χ0v) is 18.1. The third-order valence-electron chi connectivity index (χ3n) is 5.12. The highest BCUT2D eigenvalue weighted by molar-refractivity contribution is 5.80. The fraction of sp³-hybridized carbons (Fsp3) is 0.682. The highest BCUT2D eigenvalue weighted by atomic mass is 19.1. The molecule has 28 heavy (non-hydrogen) atoms. The number of piperidine rings is 1. The lowest BCUT2D eigenvalue weighted by Crippen LogP contribution is -2.48. The number of benzene rings is 1. The van der Waals surface area contributed by atoms with E-state index in [9.17, 15) is 4.39 Å². The van der Waals surface area contributed by atoms with E-state index < -0.39 is 0 Å². The van der Waals surface area contributed by atoms with E-state index in [1.165, 1.54) is 19.4 Å². The number of unbranched alkanes of at least 4 members (excludes halogenated alkanes) is 1. The van der Waals surface area contributed by atoms with E-state index in [0.29, 0.717) is 19.1 Å². The molecule has 1 aromatic carbocycles. The zero-order valence-electron chi connectivity index (χ0n) is 18.1. The molecule has 0 radical (unpaired) electrons.